The van der Waals surface area contributed by atoms with E-state index in [2.05, 4.69) is 10.3 Å². The SMILES string of the molecule is COc1ccc(C(OC[C@H]2O[C@@H](n3ccc(NC(=O)OCCS(=O)(=O)c4cccc5c(N(C)C)cccc45)nc3=O)C[C@@H]2OC(=O)CCC(=O)O)(c2ccccc2)c2ccc(OC)cc2)cc1. The van der Waals surface area contributed by atoms with Gasteiger partial charge >= 0.3 is 23.7 Å². The Hall–Kier alpha value is -7.28. The Kier molecular flexibility index (Phi) is 14.9. The summed E-state index contributed by atoms with van der Waals surface area (Å²) in [5.41, 5.74) is 0.923. The lowest BCUT2D eigenvalue weighted by Crippen LogP contribution is -2.39. The lowest BCUT2D eigenvalue weighted by Gasteiger charge is -2.37. The van der Waals surface area contributed by atoms with E-state index < -0.39 is 82.8 Å². The first kappa shape index (κ1) is 47.7. The van der Waals surface area contributed by atoms with E-state index in [9.17, 15) is 32.7 Å². The third-order valence-electron chi connectivity index (χ3n) is 11.3. The van der Waals surface area contributed by atoms with Gasteiger partial charge in [-0.15, -0.1) is 0 Å². The van der Waals surface area contributed by atoms with E-state index in [0.29, 0.717) is 16.9 Å². The number of nitrogens with zero attached hydrogens (tertiary/aromatic N) is 3. The Labute approximate surface area is 386 Å². The molecule has 2 N–H and O–H groups in total. The Balaban J connectivity index is 1.09. The summed E-state index contributed by atoms with van der Waals surface area (Å²) in [4.78, 5) is 56.6. The van der Waals surface area contributed by atoms with E-state index in [0.717, 1.165) is 32.3 Å². The number of anilines is 2. The Bertz CT molecular complexity index is 2830. The Morgan fingerprint density at radius 2 is 1.45 bits per heavy atom. The van der Waals surface area contributed by atoms with Gasteiger partial charge in [-0.3, -0.25) is 19.5 Å². The molecular formula is C49H50N4O13S. The molecule has 0 radical (unpaired) electrons. The molecule has 1 amide bonds. The Morgan fingerprint density at radius 1 is 0.821 bits per heavy atom. The van der Waals surface area contributed by atoms with Crippen molar-refractivity contribution in [2.24, 2.45) is 0 Å². The average Bonchev–Trinajstić information content (AvgIpc) is 3.72. The van der Waals surface area contributed by atoms with Crippen LogP contribution in [0, 0.1) is 0 Å². The summed E-state index contributed by atoms with van der Waals surface area (Å²) in [7, 11) is 2.98. The molecule has 350 valence electrons. The molecule has 3 atom stereocenters. The van der Waals surface area contributed by atoms with Crippen LogP contribution >= 0.6 is 0 Å². The molecule has 0 saturated carbocycles. The number of benzene rings is 5. The van der Waals surface area contributed by atoms with Crippen LogP contribution in [0.5, 0.6) is 11.5 Å². The molecule has 17 nitrogen and oxygen atoms in total. The van der Waals surface area contributed by atoms with Crippen LogP contribution in [0.15, 0.2) is 137 Å². The van der Waals surface area contributed by atoms with Crippen LogP contribution in [0.25, 0.3) is 10.8 Å². The van der Waals surface area contributed by atoms with Crippen LogP contribution in [-0.2, 0) is 44.0 Å². The second-order valence-corrected chi connectivity index (χ2v) is 17.8. The number of sulfone groups is 1. The summed E-state index contributed by atoms with van der Waals surface area (Å²) in [6, 6.07) is 36.0. The molecule has 0 bridgehead atoms. The molecule has 1 aromatic heterocycles. The molecule has 0 spiro atoms. The molecule has 6 aromatic rings. The lowest BCUT2D eigenvalue weighted by atomic mass is 9.80. The third-order valence-corrected chi connectivity index (χ3v) is 13.0. The van der Waals surface area contributed by atoms with Crippen molar-refractivity contribution in [1.82, 2.24) is 9.55 Å². The number of esters is 1. The summed E-state index contributed by atoms with van der Waals surface area (Å²) < 4.78 is 63.3. The highest BCUT2D eigenvalue weighted by molar-refractivity contribution is 7.91. The van der Waals surface area contributed by atoms with Crippen molar-refractivity contribution < 1.29 is 56.3 Å². The molecule has 1 aliphatic rings. The third kappa shape index (κ3) is 10.9. The molecule has 1 aliphatic heterocycles. The van der Waals surface area contributed by atoms with Gasteiger partial charge in [0.2, 0.25) is 0 Å². The first-order valence-electron chi connectivity index (χ1n) is 21.2. The fourth-order valence-corrected chi connectivity index (χ4v) is 9.31. The molecule has 1 fully saturated rings. The van der Waals surface area contributed by atoms with Crippen molar-refractivity contribution in [2.75, 3.05) is 57.5 Å². The molecular weight excluding hydrogens is 885 g/mol. The Morgan fingerprint density at radius 3 is 2.06 bits per heavy atom. The standard InChI is InChI=1S/C49H50N4O13S/c1-52(2)39-14-8-13-38-37(39)12-9-15-42(38)67(59,60)29-28-63-48(58)51-43-26-27-53(47(57)50-43)44-30-40(66-46(56)25-24-45(54)55)41(65-44)31-64-49(32-10-6-5-7-11-32,33-16-20-35(61-3)21-17-33)34-18-22-36(62-4)23-19-34/h5-23,26-27,40-41,44H,24-25,28-31H2,1-4H3,(H,54,55)(H,50,51,57,58)/t40-,41+,44+/m0/s1. The van der Waals surface area contributed by atoms with Crippen molar-refractivity contribution in [3.8, 4) is 11.5 Å². The second-order valence-electron chi connectivity index (χ2n) is 15.7. The first-order valence-corrected chi connectivity index (χ1v) is 22.9. The summed E-state index contributed by atoms with van der Waals surface area (Å²) in [6.45, 7) is -0.676. The maximum Gasteiger partial charge on any atom is 0.412 e. The number of amides is 1. The number of nitrogens with one attached hydrogen (secondary N) is 1. The van der Waals surface area contributed by atoms with Gasteiger partial charge in [0.15, 0.2) is 9.84 Å². The van der Waals surface area contributed by atoms with E-state index in [4.69, 9.17) is 28.4 Å². The van der Waals surface area contributed by atoms with Crippen molar-refractivity contribution in [3.05, 3.63) is 155 Å². The monoisotopic (exact) mass is 934 g/mol. The van der Waals surface area contributed by atoms with Gasteiger partial charge in [-0.25, -0.2) is 18.0 Å². The minimum Gasteiger partial charge on any atom is -0.497 e. The zero-order valence-corrected chi connectivity index (χ0v) is 38.0. The van der Waals surface area contributed by atoms with Crippen LogP contribution in [0.4, 0.5) is 16.3 Å². The molecule has 2 heterocycles. The highest BCUT2D eigenvalue weighted by atomic mass is 32.2. The fourth-order valence-electron chi connectivity index (χ4n) is 7.99. The molecule has 0 aliphatic carbocycles. The zero-order chi connectivity index (χ0) is 47.7. The van der Waals surface area contributed by atoms with Gasteiger partial charge < -0.3 is 38.4 Å². The maximum atomic E-state index is 13.5. The number of hydrogen-bond donors (Lipinski definition) is 2. The van der Waals surface area contributed by atoms with E-state index >= 15 is 0 Å². The summed E-state index contributed by atoms with van der Waals surface area (Å²) in [5.74, 6) is -1.40. The predicted octanol–water partition coefficient (Wildman–Crippen LogP) is 6.57. The molecule has 0 unspecified atom stereocenters. The van der Waals surface area contributed by atoms with Gasteiger partial charge in [0, 0.05) is 43.2 Å². The second kappa shape index (κ2) is 20.9. The summed E-state index contributed by atoms with van der Waals surface area (Å²) >= 11 is 0. The van der Waals surface area contributed by atoms with Crippen LogP contribution in [0.3, 0.4) is 0 Å². The smallest absolute Gasteiger partial charge is 0.412 e. The quantitative estimate of drug-likeness (QED) is 0.0649. The van der Waals surface area contributed by atoms with Crippen molar-refractivity contribution in [2.45, 2.75) is 48.2 Å². The summed E-state index contributed by atoms with van der Waals surface area (Å²) in [6.07, 6.45) is -3.66. The number of aliphatic carboxylic acids is 1. The van der Waals surface area contributed by atoms with Crippen molar-refractivity contribution in [1.29, 1.82) is 0 Å². The minimum atomic E-state index is -3.89. The van der Waals surface area contributed by atoms with E-state index in [1.165, 1.54) is 18.3 Å². The number of fused-ring (bicyclic) bond motifs is 1. The number of ether oxygens (including phenoxy) is 6. The number of carboxylic acid groups (broad SMARTS) is 1. The number of carboxylic acids is 1. The van der Waals surface area contributed by atoms with Gasteiger partial charge in [0.1, 0.15) is 48.0 Å². The largest absolute Gasteiger partial charge is 0.497 e. The highest BCUT2D eigenvalue weighted by Crippen LogP contribution is 2.43. The zero-order valence-electron chi connectivity index (χ0n) is 37.2. The van der Waals surface area contributed by atoms with Crippen molar-refractivity contribution >= 4 is 50.1 Å². The van der Waals surface area contributed by atoms with Gasteiger partial charge in [0.25, 0.3) is 0 Å². The number of methoxy groups -OCH3 is 2. The number of rotatable bonds is 19. The van der Waals surface area contributed by atoms with Crippen LogP contribution in [0.1, 0.15) is 42.2 Å². The average molecular weight is 935 g/mol. The van der Waals surface area contributed by atoms with Gasteiger partial charge in [-0.2, -0.15) is 4.98 Å². The molecule has 1 saturated heterocycles. The van der Waals surface area contributed by atoms with Gasteiger partial charge in [-0.05, 0) is 59.2 Å². The molecule has 7 rings (SSSR count). The number of hydrogen-bond acceptors (Lipinski definition) is 14. The number of aromatic nitrogens is 2. The van der Waals surface area contributed by atoms with Crippen LogP contribution in [-0.4, -0.2) is 101 Å². The van der Waals surface area contributed by atoms with E-state index in [-0.39, 0.29) is 23.7 Å². The first-order chi connectivity index (χ1) is 32.2. The molecule has 5 aromatic carbocycles. The summed E-state index contributed by atoms with van der Waals surface area (Å²) in [5, 5.41) is 12.9. The van der Waals surface area contributed by atoms with Gasteiger partial charge in [-0.1, -0.05) is 78.9 Å². The molecule has 67 heavy (non-hydrogen) atoms. The fraction of sp³-hybridized carbons (Fsp3) is 0.286. The van der Waals surface area contributed by atoms with E-state index in [1.807, 2.05) is 110 Å². The normalized spacial score (nSPS) is 16.0. The lowest BCUT2D eigenvalue weighted by molar-refractivity contribution is -0.157. The van der Waals surface area contributed by atoms with E-state index in [1.54, 1.807) is 32.4 Å². The van der Waals surface area contributed by atoms with Crippen LogP contribution in [0.2, 0.25) is 0 Å². The number of carbonyl (C=O) groups excluding carboxylic acids is 2. The predicted molar refractivity (Wildman–Crippen MR) is 247 cm³/mol. The minimum absolute atomic E-state index is 0.0473. The number of carbonyl (C=O) groups is 3. The molecule has 18 heteroatoms. The van der Waals surface area contributed by atoms with Gasteiger partial charge in [0.05, 0.1) is 44.3 Å². The highest BCUT2D eigenvalue weighted by Gasteiger charge is 2.44. The maximum absolute atomic E-state index is 13.5. The topological polar surface area (TPSA) is 211 Å². The van der Waals surface area contributed by atoms with Crippen molar-refractivity contribution in [3.63, 3.8) is 0 Å². The van der Waals surface area contributed by atoms with Crippen LogP contribution < -0.4 is 25.4 Å².